The van der Waals surface area contributed by atoms with Crippen LogP contribution in [0.4, 0.5) is 0 Å². The molecule has 8 nitrogen and oxygen atoms in total. The van der Waals surface area contributed by atoms with E-state index < -0.39 is 16.1 Å². The number of ether oxygens (including phenoxy) is 4. The van der Waals surface area contributed by atoms with Crippen molar-refractivity contribution in [1.29, 1.82) is 0 Å². The summed E-state index contributed by atoms with van der Waals surface area (Å²) in [4.78, 5) is 11.7. The molecular weight excluding hydrogens is 472 g/mol. The van der Waals surface area contributed by atoms with E-state index in [0.29, 0.717) is 49.9 Å². The largest absolute Gasteiger partial charge is 0.493 e. The van der Waals surface area contributed by atoms with Crippen molar-refractivity contribution in [3.8, 4) is 17.2 Å². The van der Waals surface area contributed by atoms with Crippen LogP contribution in [-0.4, -0.2) is 53.7 Å². The molecule has 0 atom stereocenters. The molecule has 2 aromatic carbocycles. The van der Waals surface area contributed by atoms with E-state index in [4.69, 9.17) is 23.1 Å². The minimum absolute atomic E-state index is 0.00800. The Balaban J connectivity index is 1.85. The van der Waals surface area contributed by atoms with E-state index in [1.54, 1.807) is 37.5 Å². The van der Waals surface area contributed by atoms with Gasteiger partial charge in [-0.2, -0.15) is 8.42 Å². The van der Waals surface area contributed by atoms with Gasteiger partial charge in [0.15, 0.2) is 11.5 Å². The molecular formula is C26H34O8S. The lowest BCUT2D eigenvalue weighted by Crippen LogP contribution is -2.13. The topological polar surface area (TPSA) is 97.4 Å². The molecule has 0 amide bonds. The third-order valence-electron chi connectivity index (χ3n) is 4.82. The molecule has 0 aromatic heterocycles. The maximum Gasteiger partial charge on any atom is 0.330 e. The van der Waals surface area contributed by atoms with Crippen molar-refractivity contribution < 1.29 is 36.3 Å². The van der Waals surface area contributed by atoms with Gasteiger partial charge in [-0.05, 0) is 54.8 Å². The molecule has 0 spiro atoms. The Morgan fingerprint density at radius 1 is 0.971 bits per heavy atom. The molecule has 35 heavy (non-hydrogen) atoms. The Morgan fingerprint density at radius 3 is 2.43 bits per heavy atom. The molecule has 192 valence electrons. The van der Waals surface area contributed by atoms with Crippen LogP contribution in [0.15, 0.2) is 48.5 Å². The van der Waals surface area contributed by atoms with Crippen molar-refractivity contribution in [1.82, 2.24) is 0 Å². The van der Waals surface area contributed by atoms with Gasteiger partial charge in [0.05, 0.1) is 26.1 Å². The summed E-state index contributed by atoms with van der Waals surface area (Å²) in [7, 11) is -2.02. The minimum atomic E-state index is -3.56. The standard InChI is InChI=1S/C26H34O8S/c1-4-6-19-35(28,29)34-23-11-7-21(8-12-23)15-16-32-24-13-9-22(20-25(24)30-3)10-14-26(27)33-18-17-31-5-2/h7-14,20H,4-6,15-19H2,1-3H3. The number of carbonyl (C=O) groups is 1. The van der Waals surface area contributed by atoms with Crippen molar-refractivity contribution in [2.24, 2.45) is 0 Å². The number of carbonyl (C=O) groups excluding carboxylic acids is 1. The second kappa shape index (κ2) is 15.1. The molecule has 0 N–H and O–H groups in total. The van der Waals surface area contributed by atoms with Gasteiger partial charge < -0.3 is 23.1 Å². The van der Waals surface area contributed by atoms with Gasteiger partial charge in [0.1, 0.15) is 12.4 Å². The first-order valence-electron chi connectivity index (χ1n) is 11.6. The fourth-order valence-corrected chi connectivity index (χ4v) is 4.09. The lowest BCUT2D eigenvalue weighted by Gasteiger charge is -2.12. The van der Waals surface area contributed by atoms with Gasteiger partial charge in [0.25, 0.3) is 0 Å². The van der Waals surface area contributed by atoms with E-state index in [9.17, 15) is 13.2 Å². The molecule has 0 aliphatic heterocycles. The third-order valence-corrected chi connectivity index (χ3v) is 6.05. The van der Waals surface area contributed by atoms with Crippen molar-refractivity contribution in [3.63, 3.8) is 0 Å². The highest BCUT2D eigenvalue weighted by Gasteiger charge is 2.12. The van der Waals surface area contributed by atoms with Crippen LogP contribution in [0.1, 0.15) is 37.8 Å². The van der Waals surface area contributed by atoms with Crippen LogP contribution in [0.25, 0.3) is 6.08 Å². The zero-order valence-electron chi connectivity index (χ0n) is 20.5. The Hall–Kier alpha value is -3.04. The summed E-state index contributed by atoms with van der Waals surface area (Å²) in [5.41, 5.74) is 1.74. The van der Waals surface area contributed by atoms with Gasteiger partial charge >= 0.3 is 16.1 Å². The number of rotatable bonds is 16. The fraction of sp³-hybridized carbons (Fsp3) is 0.423. The molecule has 0 saturated carbocycles. The van der Waals surface area contributed by atoms with Crippen LogP contribution in [-0.2, 0) is 30.8 Å². The molecule has 2 rings (SSSR count). The Bertz CT molecular complexity index is 1050. The normalized spacial score (nSPS) is 11.4. The Labute approximate surface area is 207 Å². The van der Waals surface area contributed by atoms with Crippen LogP contribution in [0.2, 0.25) is 0 Å². The summed E-state index contributed by atoms with van der Waals surface area (Å²) in [6.45, 7) is 5.36. The van der Waals surface area contributed by atoms with Crippen LogP contribution in [0, 0.1) is 0 Å². The number of unbranched alkanes of at least 4 members (excludes halogenated alkanes) is 1. The third kappa shape index (κ3) is 10.8. The average Bonchev–Trinajstić information content (AvgIpc) is 2.85. The highest BCUT2D eigenvalue weighted by molar-refractivity contribution is 7.87. The maximum absolute atomic E-state index is 11.9. The predicted octanol–water partition coefficient (Wildman–Crippen LogP) is 4.42. The predicted molar refractivity (Wildman–Crippen MR) is 134 cm³/mol. The van der Waals surface area contributed by atoms with Crippen molar-refractivity contribution in [2.45, 2.75) is 33.1 Å². The number of esters is 1. The first-order chi connectivity index (χ1) is 16.9. The fourth-order valence-electron chi connectivity index (χ4n) is 2.96. The second-order valence-electron chi connectivity index (χ2n) is 7.55. The van der Waals surface area contributed by atoms with E-state index in [-0.39, 0.29) is 12.4 Å². The highest BCUT2D eigenvalue weighted by atomic mass is 32.2. The molecule has 0 aliphatic rings. The van der Waals surface area contributed by atoms with Gasteiger partial charge in [0.2, 0.25) is 0 Å². The molecule has 0 heterocycles. The second-order valence-corrected chi connectivity index (χ2v) is 9.24. The summed E-state index contributed by atoms with van der Waals surface area (Å²) in [6.07, 6.45) is 4.96. The van der Waals surface area contributed by atoms with Gasteiger partial charge in [0, 0.05) is 19.1 Å². The average molecular weight is 507 g/mol. The lowest BCUT2D eigenvalue weighted by molar-refractivity contribution is -0.139. The minimum Gasteiger partial charge on any atom is -0.493 e. The van der Waals surface area contributed by atoms with E-state index in [1.807, 2.05) is 32.0 Å². The Kier molecular flexibility index (Phi) is 12.1. The molecule has 0 saturated heterocycles. The first-order valence-corrected chi connectivity index (χ1v) is 13.2. The van der Waals surface area contributed by atoms with Crippen LogP contribution >= 0.6 is 0 Å². The van der Waals surface area contributed by atoms with Crippen LogP contribution in [0.3, 0.4) is 0 Å². The number of hydrogen-bond acceptors (Lipinski definition) is 8. The molecule has 2 aromatic rings. The van der Waals surface area contributed by atoms with E-state index in [2.05, 4.69) is 0 Å². The van der Waals surface area contributed by atoms with Gasteiger partial charge in [-0.25, -0.2) is 4.79 Å². The molecule has 0 aliphatic carbocycles. The van der Waals surface area contributed by atoms with Crippen molar-refractivity contribution >= 4 is 22.2 Å². The highest BCUT2D eigenvalue weighted by Crippen LogP contribution is 2.29. The van der Waals surface area contributed by atoms with Crippen LogP contribution < -0.4 is 13.7 Å². The van der Waals surface area contributed by atoms with E-state index >= 15 is 0 Å². The monoisotopic (exact) mass is 506 g/mol. The quantitative estimate of drug-likeness (QED) is 0.143. The summed E-state index contributed by atoms with van der Waals surface area (Å²) in [5, 5.41) is 0. The molecule has 9 heteroatoms. The van der Waals surface area contributed by atoms with Crippen molar-refractivity contribution in [2.75, 3.05) is 39.3 Å². The van der Waals surface area contributed by atoms with Gasteiger partial charge in [-0.1, -0.05) is 31.5 Å². The molecule has 0 fully saturated rings. The van der Waals surface area contributed by atoms with E-state index in [1.165, 1.54) is 6.08 Å². The maximum atomic E-state index is 11.9. The molecule has 0 radical (unpaired) electrons. The van der Waals surface area contributed by atoms with Crippen LogP contribution in [0.5, 0.6) is 17.2 Å². The van der Waals surface area contributed by atoms with Crippen molar-refractivity contribution in [3.05, 3.63) is 59.7 Å². The SMILES string of the molecule is CCCCS(=O)(=O)Oc1ccc(CCOc2ccc(C=CC(=O)OCCOCC)cc2OC)cc1. The summed E-state index contributed by atoms with van der Waals surface area (Å²) < 4.78 is 50.4. The summed E-state index contributed by atoms with van der Waals surface area (Å²) in [6, 6.07) is 12.3. The Morgan fingerprint density at radius 2 is 1.74 bits per heavy atom. The van der Waals surface area contributed by atoms with Gasteiger partial charge in [-0.3, -0.25) is 0 Å². The number of hydrogen-bond donors (Lipinski definition) is 0. The first kappa shape index (κ1) is 28.2. The van der Waals surface area contributed by atoms with Gasteiger partial charge in [-0.15, -0.1) is 0 Å². The smallest absolute Gasteiger partial charge is 0.330 e. The molecule has 0 bridgehead atoms. The zero-order valence-corrected chi connectivity index (χ0v) is 21.3. The summed E-state index contributed by atoms with van der Waals surface area (Å²) in [5.74, 6) is 0.977. The van der Waals surface area contributed by atoms with E-state index in [0.717, 1.165) is 17.5 Å². The number of methoxy groups -OCH3 is 1. The summed E-state index contributed by atoms with van der Waals surface area (Å²) >= 11 is 0. The zero-order chi connectivity index (χ0) is 25.5. The molecule has 0 unspecified atom stereocenters. The lowest BCUT2D eigenvalue weighted by atomic mass is 10.1. The number of benzene rings is 2.